The third kappa shape index (κ3) is 2.42. The van der Waals surface area contributed by atoms with Crippen molar-refractivity contribution in [2.24, 2.45) is 0 Å². The van der Waals surface area contributed by atoms with E-state index in [-0.39, 0.29) is 0 Å². The molecule has 0 atom stereocenters. The van der Waals surface area contributed by atoms with Crippen LogP contribution in [0, 0.1) is 6.92 Å². The second-order valence-electron chi connectivity index (χ2n) is 4.41. The second-order valence-corrected chi connectivity index (χ2v) is 5.33. The monoisotopic (exact) mass is 316 g/mol. The Hall–Kier alpha value is -2.01. The molecule has 0 unspecified atom stereocenters. The Balaban J connectivity index is 1.96. The lowest BCUT2D eigenvalue weighted by Crippen LogP contribution is -1.96. The van der Waals surface area contributed by atoms with E-state index in [1.807, 2.05) is 43.3 Å². The molecule has 2 aromatic carbocycles. The maximum absolute atomic E-state index is 5.97. The molecule has 0 aliphatic heterocycles. The van der Waals surface area contributed by atoms with Gasteiger partial charge in [0.25, 0.3) is 0 Å². The molecule has 5 heteroatoms. The summed E-state index contributed by atoms with van der Waals surface area (Å²) in [5, 5.41) is 3.31. The van der Waals surface area contributed by atoms with Crippen LogP contribution >= 0.6 is 15.9 Å². The summed E-state index contributed by atoms with van der Waals surface area (Å²) < 4.78 is 0.968. The standard InChI is InChI=1S/C14H13BrN4/c1-8-17-13-5-3-10(7-14(13)18-8)19-12-4-2-9(15)6-11(12)16/h2-7,19H,16H2,1H3,(H,17,18). The van der Waals surface area contributed by atoms with Crippen LogP contribution in [0.4, 0.5) is 17.1 Å². The maximum atomic E-state index is 5.97. The molecule has 96 valence electrons. The fraction of sp³-hybridized carbons (Fsp3) is 0.0714. The van der Waals surface area contributed by atoms with Gasteiger partial charge in [0, 0.05) is 10.2 Å². The summed E-state index contributed by atoms with van der Waals surface area (Å²) in [4.78, 5) is 7.59. The summed E-state index contributed by atoms with van der Waals surface area (Å²) in [6.45, 7) is 1.94. The highest BCUT2D eigenvalue weighted by Gasteiger charge is 2.03. The topological polar surface area (TPSA) is 66.7 Å². The number of halogens is 1. The highest BCUT2D eigenvalue weighted by molar-refractivity contribution is 9.10. The summed E-state index contributed by atoms with van der Waals surface area (Å²) in [5.41, 5.74) is 10.5. The van der Waals surface area contributed by atoms with Crippen LogP contribution in [0.2, 0.25) is 0 Å². The van der Waals surface area contributed by atoms with Crippen LogP contribution in [0.1, 0.15) is 5.82 Å². The van der Waals surface area contributed by atoms with Gasteiger partial charge >= 0.3 is 0 Å². The molecular weight excluding hydrogens is 304 g/mol. The number of anilines is 3. The van der Waals surface area contributed by atoms with Crippen molar-refractivity contribution in [3.63, 3.8) is 0 Å². The van der Waals surface area contributed by atoms with E-state index >= 15 is 0 Å². The van der Waals surface area contributed by atoms with Gasteiger partial charge in [0.15, 0.2) is 0 Å². The minimum absolute atomic E-state index is 0.704. The summed E-state index contributed by atoms with van der Waals surface area (Å²) >= 11 is 3.40. The van der Waals surface area contributed by atoms with Crippen molar-refractivity contribution in [2.75, 3.05) is 11.1 Å². The van der Waals surface area contributed by atoms with Crippen molar-refractivity contribution in [1.82, 2.24) is 9.97 Å². The number of nitrogens with one attached hydrogen (secondary N) is 2. The summed E-state index contributed by atoms with van der Waals surface area (Å²) in [6, 6.07) is 11.8. The zero-order chi connectivity index (χ0) is 13.4. The lowest BCUT2D eigenvalue weighted by atomic mass is 10.2. The summed E-state index contributed by atoms with van der Waals surface area (Å²) in [6.07, 6.45) is 0. The largest absolute Gasteiger partial charge is 0.397 e. The molecule has 0 radical (unpaired) electrons. The molecule has 4 nitrogen and oxygen atoms in total. The molecular formula is C14H13BrN4. The van der Waals surface area contributed by atoms with E-state index in [4.69, 9.17) is 5.73 Å². The van der Waals surface area contributed by atoms with E-state index in [0.29, 0.717) is 5.69 Å². The van der Waals surface area contributed by atoms with Crippen LogP contribution in [-0.2, 0) is 0 Å². The number of nitrogens with zero attached hydrogens (tertiary/aromatic N) is 1. The lowest BCUT2D eigenvalue weighted by molar-refractivity contribution is 1.17. The fourth-order valence-electron chi connectivity index (χ4n) is 2.02. The molecule has 0 aliphatic carbocycles. The lowest BCUT2D eigenvalue weighted by Gasteiger charge is -2.09. The first-order valence-corrected chi connectivity index (χ1v) is 6.69. The second kappa shape index (κ2) is 4.59. The number of imidazole rings is 1. The van der Waals surface area contributed by atoms with E-state index < -0.39 is 0 Å². The molecule has 1 heterocycles. The number of aromatic nitrogens is 2. The number of aryl methyl sites for hydroxylation is 1. The zero-order valence-electron chi connectivity index (χ0n) is 10.4. The number of rotatable bonds is 2. The highest BCUT2D eigenvalue weighted by atomic mass is 79.9. The average Bonchev–Trinajstić information content (AvgIpc) is 2.72. The van der Waals surface area contributed by atoms with Gasteiger partial charge in [-0.05, 0) is 43.3 Å². The van der Waals surface area contributed by atoms with Gasteiger partial charge in [0.1, 0.15) is 5.82 Å². The summed E-state index contributed by atoms with van der Waals surface area (Å²) in [7, 11) is 0. The molecule has 1 aromatic heterocycles. The average molecular weight is 317 g/mol. The zero-order valence-corrected chi connectivity index (χ0v) is 12.0. The molecule has 4 N–H and O–H groups in total. The van der Waals surface area contributed by atoms with Crippen LogP contribution < -0.4 is 11.1 Å². The van der Waals surface area contributed by atoms with E-state index in [9.17, 15) is 0 Å². The number of H-pyrrole nitrogens is 1. The fourth-order valence-corrected chi connectivity index (χ4v) is 2.40. The Labute approximate surface area is 119 Å². The maximum Gasteiger partial charge on any atom is 0.104 e. The normalized spacial score (nSPS) is 10.8. The quantitative estimate of drug-likeness (QED) is 0.627. The van der Waals surface area contributed by atoms with Crippen molar-refractivity contribution in [3.05, 3.63) is 46.7 Å². The molecule has 0 saturated heterocycles. The smallest absolute Gasteiger partial charge is 0.104 e. The number of hydrogen-bond acceptors (Lipinski definition) is 3. The number of fused-ring (bicyclic) bond motifs is 1. The molecule has 3 aromatic rings. The Kier molecular flexibility index (Phi) is 2.91. The number of nitrogen functional groups attached to an aromatic ring is 1. The minimum atomic E-state index is 0.704. The minimum Gasteiger partial charge on any atom is -0.397 e. The molecule has 0 spiro atoms. The molecule has 0 aliphatic rings. The summed E-state index contributed by atoms with van der Waals surface area (Å²) in [5.74, 6) is 0.912. The molecule has 0 bridgehead atoms. The van der Waals surface area contributed by atoms with E-state index in [0.717, 1.165) is 32.7 Å². The van der Waals surface area contributed by atoms with Gasteiger partial charge in [-0.3, -0.25) is 0 Å². The number of benzene rings is 2. The van der Waals surface area contributed by atoms with Crippen LogP contribution in [0.15, 0.2) is 40.9 Å². The Morgan fingerprint density at radius 1 is 1.21 bits per heavy atom. The Morgan fingerprint density at radius 2 is 2.05 bits per heavy atom. The third-order valence-electron chi connectivity index (χ3n) is 2.89. The van der Waals surface area contributed by atoms with Crippen molar-refractivity contribution in [1.29, 1.82) is 0 Å². The molecule has 0 fully saturated rings. The van der Waals surface area contributed by atoms with Crippen LogP contribution in [-0.4, -0.2) is 9.97 Å². The highest BCUT2D eigenvalue weighted by Crippen LogP contribution is 2.27. The van der Waals surface area contributed by atoms with Crippen LogP contribution in [0.3, 0.4) is 0 Å². The SMILES string of the molecule is Cc1nc2ccc(Nc3ccc(Br)cc3N)cc2[nH]1. The van der Waals surface area contributed by atoms with Gasteiger partial charge in [-0.1, -0.05) is 15.9 Å². The Bertz CT molecular complexity index is 748. The number of nitrogens with two attached hydrogens (primary N) is 1. The van der Waals surface area contributed by atoms with Gasteiger partial charge in [-0.25, -0.2) is 4.98 Å². The first-order chi connectivity index (χ1) is 9.11. The Morgan fingerprint density at radius 3 is 2.84 bits per heavy atom. The van der Waals surface area contributed by atoms with Crippen LogP contribution in [0.5, 0.6) is 0 Å². The van der Waals surface area contributed by atoms with Crippen molar-refractivity contribution in [2.45, 2.75) is 6.92 Å². The predicted octanol–water partition coefficient (Wildman–Crippen LogP) is 3.96. The van der Waals surface area contributed by atoms with E-state index in [1.54, 1.807) is 0 Å². The number of hydrogen-bond donors (Lipinski definition) is 3. The molecule has 19 heavy (non-hydrogen) atoms. The predicted molar refractivity (Wildman–Crippen MR) is 82.7 cm³/mol. The number of aromatic amines is 1. The van der Waals surface area contributed by atoms with Gasteiger partial charge in [0.05, 0.1) is 22.4 Å². The van der Waals surface area contributed by atoms with E-state index in [1.165, 1.54) is 0 Å². The van der Waals surface area contributed by atoms with Crippen LogP contribution in [0.25, 0.3) is 11.0 Å². The first kappa shape index (κ1) is 12.0. The van der Waals surface area contributed by atoms with Crippen molar-refractivity contribution in [3.8, 4) is 0 Å². The molecule has 0 amide bonds. The molecule has 0 saturated carbocycles. The van der Waals surface area contributed by atoms with Crippen molar-refractivity contribution >= 4 is 44.0 Å². The first-order valence-electron chi connectivity index (χ1n) is 5.90. The van der Waals surface area contributed by atoms with Gasteiger partial charge in [-0.2, -0.15) is 0 Å². The van der Waals surface area contributed by atoms with Gasteiger partial charge in [-0.15, -0.1) is 0 Å². The van der Waals surface area contributed by atoms with Gasteiger partial charge in [0.2, 0.25) is 0 Å². The van der Waals surface area contributed by atoms with Crippen molar-refractivity contribution < 1.29 is 0 Å². The molecule has 3 rings (SSSR count). The van der Waals surface area contributed by atoms with E-state index in [2.05, 4.69) is 31.2 Å². The van der Waals surface area contributed by atoms with Gasteiger partial charge < -0.3 is 16.0 Å². The third-order valence-corrected chi connectivity index (χ3v) is 3.39.